The fraction of sp³-hybridized carbons (Fsp3) is 0.933. The van der Waals surface area contributed by atoms with Crippen molar-refractivity contribution in [3.63, 3.8) is 0 Å². The third-order valence-electron chi connectivity index (χ3n) is 11.6. The molecule has 1 aliphatic heterocycles. The minimum atomic E-state index is -4.83. The van der Waals surface area contributed by atoms with Crippen LogP contribution < -0.4 is 37.2 Å². The van der Waals surface area contributed by atoms with Gasteiger partial charge in [-0.25, -0.2) is 0 Å². The summed E-state index contributed by atoms with van der Waals surface area (Å²) in [6.07, 6.45) is 0.0600. The van der Waals surface area contributed by atoms with Crippen molar-refractivity contribution in [1.29, 1.82) is 0 Å². The maximum atomic E-state index is 13.1. The predicted octanol–water partition coefficient (Wildman–Crippen LogP) is -1.92. The second-order valence-electron chi connectivity index (χ2n) is 14.8. The fourth-order valence-corrected chi connectivity index (χ4v) is 11.0. The lowest BCUT2D eigenvalue weighted by atomic mass is 9.64. The van der Waals surface area contributed by atoms with Gasteiger partial charge in [0.25, 0.3) is 10.1 Å². The Morgan fingerprint density at radius 1 is 0.870 bits per heavy atom. The van der Waals surface area contributed by atoms with Crippen molar-refractivity contribution in [2.24, 2.45) is 39.8 Å². The number of aliphatic carboxylic acids is 2. The van der Waals surface area contributed by atoms with Crippen LogP contribution in [0, 0.1) is 23.7 Å². The smallest absolute Gasteiger partial charge is 0.333 e. The number of aliphatic hydroxyl groups is 1. The summed E-state index contributed by atoms with van der Waals surface area (Å²) in [6, 6.07) is -3.80. The van der Waals surface area contributed by atoms with Crippen molar-refractivity contribution in [3.8, 4) is 0 Å². The monoisotopic (exact) mass is 813 g/mol. The van der Waals surface area contributed by atoms with Gasteiger partial charge in [-0.3, -0.25) is 40.7 Å². The van der Waals surface area contributed by atoms with Crippen molar-refractivity contribution < 1.29 is 60.1 Å². The van der Waals surface area contributed by atoms with Gasteiger partial charge in [0.05, 0.1) is 41.4 Å². The number of hydrogen-bond donors (Lipinski definition) is 11. The van der Waals surface area contributed by atoms with Gasteiger partial charge in [0.1, 0.15) is 18.6 Å². The highest BCUT2D eigenvalue weighted by Crippen LogP contribution is 2.45. The summed E-state index contributed by atoms with van der Waals surface area (Å²) in [5.41, 5.74) is 0. The molecular weight excluding hydrogens is 759 g/mol. The summed E-state index contributed by atoms with van der Waals surface area (Å²) in [5.74, 6) is -1.01. The number of methoxy groups -OCH3 is 1. The Bertz CT molecular complexity index is 1550. The number of aliphatic hydroxyl groups excluding tert-OH is 1. The van der Waals surface area contributed by atoms with E-state index in [0.717, 1.165) is 19.3 Å². The SMILES string of the molecule is CCOC1NC(NC2CCC(C(=O)O)C(C(=O)O)C2)NC(NC2CCC(S(=O)(=O)ON)C3CC(NS(=O)(=O)O)C(N=NC4CCCCC4OC)C(O)C23)N1. The largest absolute Gasteiger partial charge is 0.481 e. The Morgan fingerprint density at radius 2 is 1.56 bits per heavy atom. The molecule has 5 aliphatic rings. The van der Waals surface area contributed by atoms with E-state index in [-0.39, 0.29) is 50.3 Å². The van der Waals surface area contributed by atoms with E-state index < -0.39 is 104 Å². The normalized spacial score (nSPS) is 40.9. The molecule has 22 nitrogen and oxygen atoms in total. The second kappa shape index (κ2) is 18.5. The number of nitrogens with one attached hydrogen (secondary N) is 6. The van der Waals surface area contributed by atoms with E-state index in [2.05, 4.69) is 45.8 Å². The minimum absolute atomic E-state index is 0.0262. The lowest BCUT2D eigenvalue weighted by Crippen LogP contribution is -2.77. The van der Waals surface area contributed by atoms with Gasteiger partial charge in [0, 0.05) is 31.7 Å². The molecule has 54 heavy (non-hydrogen) atoms. The highest BCUT2D eigenvalue weighted by Gasteiger charge is 2.56. The first-order valence-corrected chi connectivity index (χ1v) is 21.3. The number of nitrogens with two attached hydrogens (primary N) is 1. The highest BCUT2D eigenvalue weighted by molar-refractivity contribution is 7.87. The van der Waals surface area contributed by atoms with Crippen LogP contribution in [0.25, 0.3) is 0 Å². The Morgan fingerprint density at radius 3 is 2.19 bits per heavy atom. The van der Waals surface area contributed by atoms with Crippen LogP contribution in [0.3, 0.4) is 0 Å². The molecule has 0 aromatic rings. The van der Waals surface area contributed by atoms with Gasteiger partial charge < -0.3 is 24.8 Å². The third kappa shape index (κ3) is 10.5. The van der Waals surface area contributed by atoms with E-state index in [1.165, 1.54) is 0 Å². The van der Waals surface area contributed by atoms with Gasteiger partial charge in [-0.2, -0.15) is 42.0 Å². The lowest BCUT2D eigenvalue weighted by molar-refractivity contribution is -0.156. The van der Waals surface area contributed by atoms with E-state index in [9.17, 15) is 46.3 Å². The number of hydrogen-bond acceptors (Lipinski definition) is 18. The molecule has 0 amide bonds. The maximum absolute atomic E-state index is 13.1. The zero-order valence-corrected chi connectivity index (χ0v) is 31.8. The van der Waals surface area contributed by atoms with Crippen LogP contribution in [0.2, 0.25) is 0 Å². The summed E-state index contributed by atoms with van der Waals surface area (Å²) in [6.45, 7) is 2.10. The molecule has 12 N–H and O–H groups in total. The van der Waals surface area contributed by atoms with Crippen LogP contribution >= 0.6 is 0 Å². The first kappa shape index (κ1) is 43.1. The Hall–Kier alpha value is -2.04. The van der Waals surface area contributed by atoms with E-state index >= 15 is 0 Å². The molecule has 15 atom stereocenters. The average molecular weight is 814 g/mol. The predicted molar refractivity (Wildman–Crippen MR) is 187 cm³/mol. The summed E-state index contributed by atoms with van der Waals surface area (Å²) in [4.78, 5) is 23.6. The van der Waals surface area contributed by atoms with E-state index in [1.807, 2.05) is 0 Å². The molecule has 4 aliphatic carbocycles. The molecule has 4 saturated carbocycles. The Labute approximate surface area is 314 Å². The third-order valence-corrected chi connectivity index (χ3v) is 13.8. The molecular formula is C30H55N9O13S2. The molecule has 0 bridgehead atoms. The summed E-state index contributed by atoms with van der Waals surface area (Å²) in [5, 5.41) is 55.5. The number of ether oxygens (including phenoxy) is 2. The average Bonchev–Trinajstić information content (AvgIpc) is 3.10. The molecule has 1 heterocycles. The lowest BCUT2D eigenvalue weighted by Gasteiger charge is -2.52. The van der Waals surface area contributed by atoms with Crippen LogP contribution in [0.15, 0.2) is 10.2 Å². The van der Waals surface area contributed by atoms with Crippen LogP contribution in [0.1, 0.15) is 71.1 Å². The number of carboxylic acid groups (broad SMARTS) is 2. The Balaban J connectivity index is 1.40. The quantitative estimate of drug-likeness (QED) is 0.0487. The van der Waals surface area contributed by atoms with Crippen molar-refractivity contribution in [1.82, 2.24) is 31.3 Å². The first-order valence-electron chi connectivity index (χ1n) is 18.4. The second-order valence-corrected chi connectivity index (χ2v) is 17.7. The summed E-state index contributed by atoms with van der Waals surface area (Å²) in [7, 11) is -7.65. The first-order chi connectivity index (χ1) is 25.5. The van der Waals surface area contributed by atoms with Gasteiger partial charge in [0.2, 0.25) is 0 Å². The van der Waals surface area contributed by atoms with Gasteiger partial charge in [0.15, 0.2) is 6.35 Å². The molecule has 5 rings (SSSR count). The van der Waals surface area contributed by atoms with Gasteiger partial charge >= 0.3 is 22.2 Å². The van der Waals surface area contributed by atoms with Crippen molar-refractivity contribution >= 4 is 32.4 Å². The van der Waals surface area contributed by atoms with Crippen LogP contribution in [0.4, 0.5) is 0 Å². The van der Waals surface area contributed by atoms with E-state index in [0.29, 0.717) is 19.4 Å². The summed E-state index contributed by atoms with van der Waals surface area (Å²) >= 11 is 0. The molecule has 0 aromatic heterocycles. The molecule has 1 saturated heterocycles. The topological polar surface area (TPSA) is 334 Å². The molecule has 5 fully saturated rings. The van der Waals surface area contributed by atoms with Crippen molar-refractivity contribution in [3.05, 3.63) is 0 Å². The van der Waals surface area contributed by atoms with E-state index in [4.69, 9.17) is 15.4 Å². The molecule has 15 unspecified atom stereocenters. The van der Waals surface area contributed by atoms with E-state index in [1.54, 1.807) is 14.0 Å². The summed E-state index contributed by atoms with van der Waals surface area (Å²) < 4.78 is 78.3. The number of rotatable bonds is 15. The van der Waals surface area contributed by atoms with Crippen molar-refractivity contribution in [2.75, 3.05) is 13.7 Å². The minimum Gasteiger partial charge on any atom is -0.481 e. The van der Waals surface area contributed by atoms with Gasteiger partial charge in [-0.1, -0.05) is 12.8 Å². The molecule has 0 spiro atoms. The maximum Gasteiger partial charge on any atom is 0.333 e. The van der Waals surface area contributed by atoms with Gasteiger partial charge in [-0.15, -0.1) is 0 Å². The molecule has 310 valence electrons. The highest BCUT2D eigenvalue weighted by atomic mass is 32.2. The molecule has 24 heteroatoms. The zero-order valence-electron chi connectivity index (χ0n) is 30.2. The molecule has 0 aromatic carbocycles. The fourth-order valence-electron chi connectivity index (χ4n) is 9.13. The zero-order chi connectivity index (χ0) is 39.4. The van der Waals surface area contributed by atoms with Crippen LogP contribution in [-0.4, -0.2) is 129 Å². The van der Waals surface area contributed by atoms with Gasteiger partial charge in [-0.05, 0) is 64.2 Å². The standard InChI is InChI=1S/C30H55N9O13S2/c1-3-51-30-35-28(32-14-8-9-15(26(41)42)16(12-14)27(43)44)34-29(36-30)33-19-10-11-22(53(45,46)52-31)17-13-20(39-54(47,48)49)24(25(40)23(17)19)38-37-18-6-4-5-7-21(18)50-2/h14-25,28-30,32-36,39-40H,3-13,31H2,1-2H3,(H,41,42)(H,43,44)(H,47,48,49). The number of carboxylic acids is 2. The number of carbonyl (C=O) groups is 2. The van der Waals surface area contributed by atoms with Crippen molar-refractivity contribution in [2.45, 2.75) is 138 Å². The van der Waals surface area contributed by atoms with Crippen LogP contribution in [0.5, 0.6) is 0 Å². The number of azo groups is 1. The number of fused-ring (bicyclic) bond motifs is 1. The number of nitrogens with zero attached hydrogens (tertiary/aromatic N) is 2. The Kier molecular flexibility index (Phi) is 14.7. The molecule has 0 radical (unpaired) electrons. The van der Waals surface area contributed by atoms with Crippen LogP contribution in [-0.2, 0) is 43.8 Å².